The number of nitrogens with two attached hydrogens (primary N) is 1. The number of rotatable bonds is 6. The van der Waals surface area contributed by atoms with Gasteiger partial charge in [-0.15, -0.1) is 0 Å². The minimum atomic E-state index is -0.727. The Kier molecular flexibility index (Phi) is 6.73. The first kappa shape index (κ1) is 17.9. The van der Waals surface area contributed by atoms with Crippen LogP contribution in [0.5, 0.6) is 0 Å². The molecule has 1 aliphatic rings. The fourth-order valence-corrected chi connectivity index (χ4v) is 10.2. The summed E-state index contributed by atoms with van der Waals surface area (Å²) in [5.74, 6) is 0.919. The van der Waals surface area contributed by atoms with Crippen LogP contribution in [0, 0.1) is 12.8 Å². The third-order valence-corrected chi connectivity index (χ3v) is 11.7. The first-order valence-corrected chi connectivity index (χ1v) is 13.7. The van der Waals surface area contributed by atoms with Crippen LogP contribution in [0.4, 0.5) is 0 Å². The van der Waals surface area contributed by atoms with Crippen LogP contribution in [0.15, 0.2) is 54.6 Å². The third kappa shape index (κ3) is 5.06. The van der Waals surface area contributed by atoms with Crippen LogP contribution < -0.4 is 5.73 Å². The molecule has 1 heterocycles. The summed E-state index contributed by atoms with van der Waals surface area (Å²) >= 11 is -0.727. The number of alkyl halides is 3. The molecule has 2 aromatic carbocycles. The van der Waals surface area contributed by atoms with Crippen LogP contribution in [0.3, 0.4) is 0 Å². The maximum absolute atomic E-state index is 6.38. The molecule has 1 fully saturated rings. The van der Waals surface area contributed by atoms with Gasteiger partial charge in [-0.25, -0.2) is 0 Å². The van der Waals surface area contributed by atoms with E-state index in [9.17, 15) is 0 Å². The van der Waals surface area contributed by atoms with Gasteiger partial charge in [-0.05, 0) is 0 Å². The molecule has 130 valence electrons. The van der Waals surface area contributed by atoms with Crippen molar-refractivity contribution in [3.8, 4) is 0 Å². The number of hydrogen-bond donors (Lipinski definition) is 1. The van der Waals surface area contributed by atoms with Crippen molar-refractivity contribution in [2.45, 2.75) is 38.6 Å². The van der Waals surface area contributed by atoms with Gasteiger partial charge in [0.15, 0.2) is 0 Å². The average molecular weight is 435 g/mol. The Morgan fingerprint density at radius 3 is 2.38 bits per heavy atom. The quantitative estimate of drug-likeness (QED) is 0.468. The SMILES string of the molecule is Cc1ccccc1CC1CCI(CCC(N)c2ccccc2)CC1. The molecule has 0 saturated carbocycles. The fourth-order valence-electron chi connectivity index (χ4n) is 3.54. The van der Waals surface area contributed by atoms with Crippen LogP contribution in [-0.2, 0) is 6.42 Å². The van der Waals surface area contributed by atoms with Crippen LogP contribution in [0.2, 0.25) is 0 Å². The molecule has 3 rings (SSSR count). The topological polar surface area (TPSA) is 26.0 Å². The van der Waals surface area contributed by atoms with E-state index in [2.05, 4.69) is 61.5 Å². The van der Waals surface area contributed by atoms with Gasteiger partial charge in [-0.3, -0.25) is 0 Å². The van der Waals surface area contributed by atoms with Crippen molar-refractivity contribution < 1.29 is 0 Å². The zero-order valence-electron chi connectivity index (χ0n) is 14.8. The summed E-state index contributed by atoms with van der Waals surface area (Å²) in [5.41, 5.74) is 10.7. The molecular weight excluding hydrogens is 405 g/mol. The molecular formula is C22H30IN. The molecule has 2 N–H and O–H groups in total. The van der Waals surface area contributed by atoms with Crippen molar-refractivity contribution in [2.24, 2.45) is 11.7 Å². The number of benzene rings is 2. The van der Waals surface area contributed by atoms with E-state index in [1.807, 2.05) is 0 Å². The van der Waals surface area contributed by atoms with E-state index in [-0.39, 0.29) is 6.04 Å². The summed E-state index contributed by atoms with van der Waals surface area (Å²) in [7, 11) is 0. The minimum absolute atomic E-state index is 0.244. The Bertz CT molecular complexity index is 617. The number of hydrogen-bond acceptors (Lipinski definition) is 1. The van der Waals surface area contributed by atoms with Gasteiger partial charge in [0.05, 0.1) is 0 Å². The molecule has 1 unspecified atom stereocenters. The molecule has 0 aliphatic carbocycles. The van der Waals surface area contributed by atoms with E-state index >= 15 is 0 Å². The second-order valence-corrected chi connectivity index (χ2v) is 13.5. The van der Waals surface area contributed by atoms with Crippen molar-refractivity contribution in [3.63, 3.8) is 0 Å². The fraction of sp³-hybridized carbons (Fsp3) is 0.455. The maximum atomic E-state index is 6.38. The van der Waals surface area contributed by atoms with E-state index < -0.39 is 19.8 Å². The summed E-state index contributed by atoms with van der Waals surface area (Å²) in [6.07, 6.45) is 5.40. The second kappa shape index (κ2) is 9.00. The molecule has 0 spiro atoms. The Morgan fingerprint density at radius 1 is 1.00 bits per heavy atom. The monoisotopic (exact) mass is 435 g/mol. The van der Waals surface area contributed by atoms with Crippen molar-refractivity contribution in [3.05, 3.63) is 71.3 Å². The average Bonchev–Trinajstić information content (AvgIpc) is 2.63. The summed E-state index contributed by atoms with van der Waals surface area (Å²) in [5, 5.41) is 0. The number of halogens is 1. The summed E-state index contributed by atoms with van der Waals surface area (Å²) < 4.78 is 4.53. The molecule has 24 heavy (non-hydrogen) atoms. The van der Waals surface area contributed by atoms with Gasteiger partial charge in [-0.2, -0.15) is 0 Å². The first-order valence-electron chi connectivity index (χ1n) is 9.15. The van der Waals surface area contributed by atoms with Crippen molar-refractivity contribution in [1.82, 2.24) is 0 Å². The Hall–Kier alpha value is -0.870. The van der Waals surface area contributed by atoms with Gasteiger partial charge in [-0.1, -0.05) is 0 Å². The Labute approximate surface area is 154 Å². The van der Waals surface area contributed by atoms with E-state index in [1.165, 1.54) is 41.2 Å². The van der Waals surface area contributed by atoms with Gasteiger partial charge in [0.1, 0.15) is 0 Å². The zero-order valence-corrected chi connectivity index (χ0v) is 16.9. The van der Waals surface area contributed by atoms with Gasteiger partial charge in [0, 0.05) is 0 Å². The summed E-state index contributed by atoms with van der Waals surface area (Å²) in [4.78, 5) is 0. The van der Waals surface area contributed by atoms with E-state index in [0.29, 0.717) is 0 Å². The van der Waals surface area contributed by atoms with Gasteiger partial charge in [0.25, 0.3) is 0 Å². The molecule has 2 aromatic rings. The van der Waals surface area contributed by atoms with E-state index in [0.717, 1.165) is 5.92 Å². The Balaban J connectivity index is 1.42. The molecule has 1 saturated heterocycles. The predicted octanol–water partition coefficient (Wildman–Crippen LogP) is 5.54. The second-order valence-electron chi connectivity index (χ2n) is 7.01. The van der Waals surface area contributed by atoms with Crippen LogP contribution in [0.1, 0.15) is 42.0 Å². The summed E-state index contributed by atoms with van der Waals surface area (Å²) in [6, 6.07) is 19.8. The van der Waals surface area contributed by atoms with Crippen molar-refractivity contribution >= 4 is 19.8 Å². The molecule has 0 amide bonds. The van der Waals surface area contributed by atoms with Gasteiger partial charge in [0.2, 0.25) is 0 Å². The Morgan fingerprint density at radius 2 is 1.67 bits per heavy atom. The zero-order chi connectivity index (χ0) is 16.8. The standard InChI is InChI=1S/C22H30IN/c1-18-7-5-6-10-21(18)17-19-11-14-23(15-12-19)16-13-22(24)20-8-3-2-4-9-20/h2-10,19,22H,11-17,24H2,1H3. The molecule has 0 aromatic heterocycles. The number of aryl methyl sites for hydroxylation is 1. The third-order valence-electron chi connectivity index (χ3n) is 5.25. The van der Waals surface area contributed by atoms with Crippen LogP contribution in [-0.4, -0.2) is 13.3 Å². The van der Waals surface area contributed by atoms with E-state index in [1.54, 1.807) is 14.4 Å². The molecule has 1 aliphatic heterocycles. The predicted molar refractivity (Wildman–Crippen MR) is 114 cm³/mol. The van der Waals surface area contributed by atoms with Crippen LogP contribution in [0.25, 0.3) is 0 Å². The molecule has 1 atom stereocenters. The molecule has 2 heteroatoms. The molecule has 1 nitrogen and oxygen atoms in total. The van der Waals surface area contributed by atoms with E-state index in [4.69, 9.17) is 5.73 Å². The normalized spacial score (nSPS) is 18.5. The first-order chi connectivity index (χ1) is 11.7. The molecule has 0 radical (unpaired) electrons. The van der Waals surface area contributed by atoms with Gasteiger partial charge >= 0.3 is 155 Å². The van der Waals surface area contributed by atoms with Crippen molar-refractivity contribution in [2.75, 3.05) is 13.3 Å². The van der Waals surface area contributed by atoms with Crippen LogP contribution >= 0.6 is 19.8 Å². The van der Waals surface area contributed by atoms with Crippen molar-refractivity contribution in [1.29, 1.82) is 0 Å². The summed E-state index contributed by atoms with van der Waals surface area (Å²) in [6.45, 7) is 2.25. The molecule has 0 bridgehead atoms. The van der Waals surface area contributed by atoms with Gasteiger partial charge < -0.3 is 0 Å².